The fourth-order valence-electron chi connectivity index (χ4n) is 5.20. The number of nitrogens with one attached hydrogen (secondary N) is 2. The molecule has 3 aromatic heterocycles. The van der Waals surface area contributed by atoms with Crippen molar-refractivity contribution in [1.82, 2.24) is 24.9 Å². The van der Waals surface area contributed by atoms with Crippen LogP contribution >= 0.6 is 0 Å². The summed E-state index contributed by atoms with van der Waals surface area (Å²) in [6, 6.07) is 6.24. The second-order valence-electron chi connectivity index (χ2n) is 10.9. The standard InChI is InChI=1S/C32H51N7O6/c1-3-27-25-36-39-29(22-30(37-32(27)39)38-11-5-4-6-28(38)9-12-40)34-23-26-7-8-31(35-24-26)45-21-20-44-19-18-43-17-16-42-15-14-41-13-10-33-2/h7-8,22,24-25,28,33-34,40H,3-6,9-21,23H2,1-2H3/t28-/m0/s1. The van der Waals surface area contributed by atoms with Gasteiger partial charge >= 0.3 is 0 Å². The van der Waals surface area contributed by atoms with Crippen molar-refractivity contribution in [3.63, 3.8) is 0 Å². The first kappa shape index (κ1) is 34.8. The maximum absolute atomic E-state index is 9.63. The molecule has 0 unspecified atom stereocenters. The molecule has 1 atom stereocenters. The van der Waals surface area contributed by atoms with Crippen LogP contribution in [0.3, 0.4) is 0 Å². The van der Waals surface area contributed by atoms with Crippen LogP contribution in [0.25, 0.3) is 5.65 Å². The van der Waals surface area contributed by atoms with Gasteiger partial charge in [0.2, 0.25) is 5.88 Å². The number of aliphatic hydroxyl groups excluding tert-OH is 1. The van der Waals surface area contributed by atoms with E-state index in [1.807, 2.05) is 36.1 Å². The van der Waals surface area contributed by atoms with Gasteiger partial charge in [-0.1, -0.05) is 13.0 Å². The first-order valence-corrected chi connectivity index (χ1v) is 16.3. The van der Waals surface area contributed by atoms with Gasteiger partial charge in [0.05, 0.1) is 59.1 Å². The fraction of sp³-hybridized carbons (Fsp3) is 0.656. The van der Waals surface area contributed by atoms with Crippen molar-refractivity contribution in [2.24, 2.45) is 0 Å². The number of piperidine rings is 1. The highest BCUT2D eigenvalue weighted by atomic mass is 16.6. The summed E-state index contributed by atoms with van der Waals surface area (Å²) < 4.78 is 29.6. The molecule has 0 amide bonds. The summed E-state index contributed by atoms with van der Waals surface area (Å²) >= 11 is 0. The van der Waals surface area contributed by atoms with E-state index in [2.05, 4.69) is 38.6 Å². The molecule has 0 bridgehead atoms. The van der Waals surface area contributed by atoms with Crippen molar-refractivity contribution in [2.45, 2.75) is 51.6 Å². The topological polar surface area (TPSA) is 137 Å². The molecule has 3 aromatic rings. The molecule has 0 aliphatic carbocycles. The highest BCUT2D eigenvalue weighted by Gasteiger charge is 2.25. The van der Waals surface area contributed by atoms with Crippen LogP contribution in [0.4, 0.5) is 11.6 Å². The van der Waals surface area contributed by atoms with Crippen molar-refractivity contribution < 1.29 is 28.8 Å². The maximum atomic E-state index is 9.63. The van der Waals surface area contributed by atoms with Crippen LogP contribution < -0.4 is 20.3 Å². The predicted octanol–water partition coefficient (Wildman–Crippen LogP) is 2.70. The quantitative estimate of drug-likeness (QED) is 0.133. The first-order chi connectivity index (χ1) is 22.2. The van der Waals surface area contributed by atoms with Gasteiger partial charge in [0, 0.05) is 56.2 Å². The van der Waals surface area contributed by atoms with E-state index in [0.29, 0.717) is 77.9 Å². The van der Waals surface area contributed by atoms with Gasteiger partial charge in [-0.3, -0.25) is 0 Å². The largest absolute Gasteiger partial charge is 0.475 e. The van der Waals surface area contributed by atoms with Crippen molar-refractivity contribution in [2.75, 3.05) is 96.4 Å². The van der Waals surface area contributed by atoms with Crippen molar-refractivity contribution in [3.05, 3.63) is 41.7 Å². The highest BCUT2D eigenvalue weighted by Crippen LogP contribution is 2.29. The van der Waals surface area contributed by atoms with Crippen LogP contribution in [0.2, 0.25) is 0 Å². The Morgan fingerprint density at radius 3 is 2.33 bits per heavy atom. The Hall–Kier alpha value is -3.07. The Kier molecular flexibility index (Phi) is 15.6. The Balaban J connectivity index is 1.16. The molecule has 45 heavy (non-hydrogen) atoms. The van der Waals surface area contributed by atoms with Gasteiger partial charge in [-0.15, -0.1) is 0 Å². The number of aliphatic hydroxyl groups is 1. The fourth-order valence-corrected chi connectivity index (χ4v) is 5.20. The van der Waals surface area contributed by atoms with Crippen LogP contribution in [0, 0.1) is 0 Å². The smallest absolute Gasteiger partial charge is 0.213 e. The van der Waals surface area contributed by atoms with E-state index in [9.17, 15) is 5.11 Å². The van der Waals surface area contributed by atoms with Gasteiger partial charge in [-0.2, -0.15) is 9.61 Å². The van der Waals surface area contributed by atoms with Crippen LogP contribution in [-0.2, 0) is 31.9 Å². The molecule has 1 aliphatic rings. The lowest BCUT2D eigenvalue weighted by atomic mass is 9.99. The van der Waals surface area contributed by atoms with E-state index >= 15 is 0 Å². The summed E-state index contributed by atoms with van der Waals surface area (Å²) in [6.07, 6.45) is 8.69. The zero-order chi connectivity index (χ0) is 31.5. The Morgan fingerprint density at radius 1 is 0.933 bits per heavy atom. The number of hydrogen-bond acceptors (Lipinski definition) is 12. The van der Waals surface area contributed by atoms with Crippen molar-refractivity contribution in [3.8, 4) is 5.88 Å². The number of likely N-dealkylation sites (N-methyl/N-ethyl adjacent to an activating group) is 1. The van der Waals surface area contributed by atoms with Gasteiger partial charge in [-0.25, -0.2) is 9.97 Å². The number of anilines is 2. The molecule has 13 heteroatoms. The minimum atomic E-state index is 0.182. The zero-order valence-corrected chi connectivity index (χ0v) is 26.9. The third-order valence-corrected chi connectivity index (χ3v) is 7.66. The van der Waals surface area contributed by atoms with Crippen LogP contribution in [0.5, 0.6) is 5.88 Å². The molecule has 0 aromatic carbocycles. The SMILES string of the molecule is CCc1cnn2c(NCc3ccc(OCCOCCOCCOCCOCCNC)nc3)cc(N3CCCC[C@H]3CCO)nc12. The van der Waals surface area contributed by atoms with E-state index in [1.54, 1.807) is 0 Å². The lowest BCUT2D eigenvalue weighted by Crippen LogP contribution is -2.40. The molecule has 0 saturated carbocycles. The molecule has 1 aliphatic heterocycles. The van der Waals surface area contributed by atoms with E-state index in [0.717, 1.165) is 67.2 Å². The molecule has 1 saturated heterocycles. The molecule has 1 fully saturated rings. The first-order valence-electron chi connectivity index (χ1n) is 16.3. The summed E-state index contributed by atoms with van der Waals surface area (Å²) in [5.41, 5.74) is 3.00. The molecular weight excluding hydrogens is 578 g/mol. The molecule has 250 valence electrons. The maximum Gasteiger partial charge on any atom is 0.213 e. The highest BCUT2D eigenvalue weighted by molar-refractivity contribution is 5.61. The van der Waals surface area contributed by atoms with Gasteiger partial charge < -0.3 is 44.3 Å². The number of fused-ring (bicyclic) bond motifs is 1. The lowest BCUT2D eigenvalue weighted by molar-refractivity contribution is -0.00430. The average Bonchev–Trinajstić information content (AvgIpc) is 3.49. The third kappa shape index (κ3) is 11.3. The van der Waals surface area contributed by atoms with E-state index in [1.165, 1.54) is 6.42 Å². The van der Waals surface area contributed by atoms with Crippen LogP contribution in [0.1, 0.15) is 43.7 Å². The number of aromatic nitrogens is 4. The molecule has 3 N–H and O–H groups in total. The molecule has 0 radical (unpaired) electrons. The monoisotopic (exact) mass is 629 g/mol. The van der Waals surface area contributed by atoms with Gasteiger partial charge in [0.25, 0.3) is 0 Å². The molecule has 13 nitrogen and oxygen atoms in total. The number of rotatable bonds is 23. The molecule has 0 spiro atoms. The number of pyridine rings is 1. The van der Waals surface area contributed by atoms with Crippen molar-refractivity contribution in [1.29, 1.82) is 0 Å². The second-order valence-corrected chi connectivity index (χ2v) is 10.9. The predicted molar refractivity (Wildman–Crippen MR) is 173 cm³/mol. The van der Waals surface area contributed by atoms with Gasteiger partial charge in [-0.05, 0) is 44.7 Å². The Labute approximate surface area is 266 Å². The number of aryl methyl sites for hydroxylation is 1. The van der Waals surface area contributed by atoms with Gasteiger partial charge in [0.1, 0.15) is 18.2 Å². The van der Waals surface area contributed by atoms with Crippen molar-refractivity contribution >= 4 is 17.3 Å². The summed E-state index contributed by atoms with van der Waals surface area (Å²) in [6.45, 7) is 9.43. The average molecular weight is 630 g/mol. The molecular formula is C32H51N7O6. The summed E-state index contributed by atoms with van der Waals surface area (Å²) in [4.78, 5) is 11.8. The summed E-state index contributed by atoms with van der Waals surface area (Å²) in [5.74, 6) is 2.36. The third-order valence-electron chi connectivity index (χ3n) is 7.66. The van der Waals surface area contributed by atoms with Crippen LogP contribution in [0.15, 0.2) is 30.6 Å². The second kappa shape index (κ2) is 20.1. The Morgan fingerprint density at radius 2 is 1.67 bits per heavy atom. The molecule has 4 rings (SSSR count). The van der Waals surface area contributed by atoms with E-state index in [4.69, 9.17) is 28.7 Å². The molecule has 4 heterocycles. The Bertz CT molecular complexity index is 1230. The van der Waals surface area contributed by atoms with Gasteiger partial charge in [0.15, 0.2) is 5.65 Å². The number of ether oxygens (including phenoxy) is 5. The normalized spacial score (nSPS) is 15.2. The van der Waals surface area contributed by atoms with Crippen LogP contribution in [-0.4, -0.2) is 117 Å². The lowest BCUT2D eigenvalue weighted by Gasteiger charge is -2.36. The summed E-state index contributed by atoms with van der Waals surface area (Å²) in [5, 5.41) is 20.8. The van der Waals surface area contributed by atoms with E-state index < -0.39 is 0 Å². The number of hydrogen-bond donors (Lipinski definition) is 3. The minimum Gasteiger partial charge on any atom is -0.475 e. The summed E-state index contributed by atoms with van der Waals surface area (Å²) in [7, 11) is 1.90. The number of nitrogens with zero attached hydrogens (tertiary/aromatic N) is 5. The zero-order valence-electron chi connectivity index (χ0n) is 26.9. The minimum absolute atomic E-state index is 0.182. The van der Waals surface area contributed by atoms with E-state index in [-0.39, 0.29) is 6.61 Å².